The van der Waals surface area contributed by atoms with Gasteiger partial charge in [0.25, 0.3) is 0 Å². The van der Waals surface area contributed by atoms with Gasteiger partial charge in [-0.2, -0.15) is 0 Å². The van der Waals surface area contributed by atoms with E-state index in [0.29, 0.717) is 11.3 Å². The number of benzene rings is 1. The molecule has 0 atom stereocenters. The zero-order valence-corrected chi connectivity index (χ0v) is 12.7. The number of carbonyl (C=O) groups excluding carboxylic acids is 1. The molecule has 0 bridgehead atoms. The Bertz CT molecular complexity index is 478. The Morgan fingerprint density at radius 3 is 2.35 bits per heavy atom. The summed E-state index contributed by atoms with van der Waals surface area (Å²) in [6, 6.07) is 6.62. The maximum absolute atomic E-state index is 12.0. The number of ether oxygens (including phenoxy) is 1. The van der Waals surface area contributed by atoms with E-state index in [2.05, 4.69) is 0 Å². The molecule has 0 N–H and O–H groups in total. The predicted molar refractivity (Wildman–Crippen MR) is 74.1 cm³/mol. The van der Waals surface area contributed by atoms with Crippen molar-refractivity contribution in [3.05, 3.63) is 29.8 Å². The maximum Gasteiger partial charge on any atom is 0.475 e. The first-order chi connectivity index (χ1) is 9.54. The minimum atomic E-state index is -3.66. The van der Waals surface area contributed by atoms with E-state index < -0.39 is 7.82 Å². The zero-order chi connectivity index (χ0) is 15.0. The van der Waals surface area contributed by atoms with Crippen molar-refractivity contribution in [2.45, 2.75) is 13.8 Å². The van der Waals surface area contributed by atoms with Gasteiger partial charge in [0, 0.05) is 5.56 Å². The fraction of sp³-hybridized carbons (Fsp3) is 0.462. The molecule has 1 aromatic rings. The highest BCUT2D eigenvalue weighted by molar-refractivity contribution is 7.48. The molecule has 0 aliphatic heterocycles. The largest absolute Gasteiger partial charge is 0.497 e. The molecular weight excluding hydrogens is 283 g/mol. The molecule has 0 spiro atoms. The van der Waals surface area contributed by atoms with Crippen LogP contribution < -0.4 is 4.74 Å². The fourth-order valence-corrected chi connectivity index (χ4v) is 2.58. The summed E-state index contributed by atoms with van der Waals surface area (Å²) in [5.74, 6) is 0.234. The minimum Gasteiger partial charge on any atom is -0.497 e. The van der Waals surface area contributed by atoms with Gasteiger partial charge in [-0.15, -0.1) is 0 Å². The Morgan fingerprint density at radius 1 is 1.15 bits per heavy atom. The SMILES string of the molecule is CCOP(=O)(OCC)OCC(=O)c1cccc(OC)c1. The molecule has 0 unspecified atom stereocenters. The van der Waals surface area contributed by atoms with Crippen molar-refractivity contribution in [3.8, 4) is 5.75 Å². The standard InChI is InChI=1S/C13H19O6P/c1-4-17-20(15,18-5-2)19-10-13(14)11-7-6-8-12(9-11)16-3/h6-9H,4-5,10H2,1-3H3. The van der Waals surface area contributed by atoms with Crippen LogP contribution in [-0.2, 0) is 18.1 Å². The quantitative estimate of drug-likeness (QED) is 0.515. The lowest BCUT2D eigenvalue weighted by Gasteiger charge is -2.15. The first kappa shape index (κ1) is 16.9. The van der Waals surface area contributed by atoms with Crippen molar-refractivity contribution in [1.82, 2.24) is 0 Å². The van der Waals surface area contributed by atoms with Gasteiger partial charge in [-0.1, -0.05) is 12.1 Å². The Morgan fingerprint density at radius 2 is 1.80 bits per heavy atom. The second kappa shape index (κ2) is 8.17. The molecule has 0 aliphatic rings. The third kappa shape index (κ3) is 5.06. The van der Waals surface area contributed by atoms with Gasteiger partial charge in [-0.25, -0.2) is 4.57 Å². The van der Waals surface area contributed by atoms with Crippen LogP contribution >= 0.6 is 7.82 Å². The van der Waals surface area contributed by atoms with E-state index in [0.717, 1.165) is 0 Å². The molecule has 1 rings (SSSR count). The van der Waals surface area contributed by atoms with Crippen molar-refractivity contribution in [1.29, 1.82) is 0 Å². The van der Waals surface area contributed by atoms with Crippen molar-refractivity contribution in [2.24, 2.45) is 0 Å². The third-order valence-corrected chi connectivity index (χ3v) is 3.91. The van der Waals surface area contributed by atoms with Crippen molar-refractivity contribution in [2.75, 3.05) is 26.9 Å². The third-order valence-electron chi connectivity index (χ3n) is 2.32. The van der Waals surface area contributed by atoms with E-state index in [4.69, 9.17) is 18.3 Å². The number of hydrogen-bond acceptors (Lipinski definition) is 6. The van der Waals surface area contributed by atoms with Crippen LogP contribution in [0, 0.1) is 0 Å². The van der Waals surface area contributed by atoms with E-state index in [1.165, 1.54) is 7.11 Å². The summed E-state index contributed by atoms with van der Waals surface area (Å²) in [5, 5.41) is 0. The van der Waals surface area contributed by atoms with Crippen molar-refractivity contribution in [3.63, 3.8) is 0 Å². The Hall–Kier alpha value is -1.20. The van der Waals surface area contributed by atoms with Gasteiger partial charge in [0.2, 0.25) is 0 Å². The average molecular weight is 302 g/mol. The summed E-state index contributed by atoms with van der Waals surface area (Å²) in [7, 11) is -2.15. The van der Waals surface area contributed by atoms with Crippen LogP contribution in [0.1, 0.15) is 24.2 Å². The van der Waals surface area contributed by atoms with Crippen LogP contribution in [0.3, 0.4) is 0 Å². The molecule has 0 aliphatic carbocycles. The smallest absolute Gasteiger partial charge is 0.475 e. The fourth-order valence-electron chi connectivity index (χ4n) is 1.45. The van der Waals surface area contributed by atoms with Gasteiger partial charge >= 0.3 is 7.82 Å². The molecule has 1 aromatic carbocycles. The number of ketones is 1. The lowest BCUT2D eigenvalue weighted by Crippen LogP contribution is -2.10. The minimum absolute atomic E-state index is 0.171. The summed E-state index contributed by atoms with van der Waals surface area (Å²) in [5.41, 5.74) is 0.406. The molecule has 0 radical (unpaired) electrons. The molecule has 0 heterocycles. The molecule has 7 heteroatoms. The summed E-state index contributed by atoms with van der Waals surface area (Å²) in [4.78, 5) is 12.0. The second-order valence-electron chi connectivity index (χ2n) is 3.71. The first-order valence-electron chi connectivity index (χ1n) is 6.25. The molecule has 6 nitrogen and oxygen atoms in total. The van der Waals surface area contributed by atoms with Gasteiger partial charge in [0.1, 0.15) is 12.4 Å². The number of rotatable bonds is 9. The van der Waals surface area contributed by atoms with Crippen LogP contribution in [0.25, 0.3) is 0 Å². The van der Waals surface area contributed by atoms with Crippen LogP contribution in [0.5, 0.6) is 5.75 Å². The number of phosphoric ester groups is 1. The zero-order valence-electron chi connectivity index (χ0n) is 11.8. The van der Waals surface area contributed by atoms with E-state index >= 15 is 0 Å². The predicted octanol–water partition coefficient (Wildman–Crippen LogP) is 3.08. The van der Waals surface area contributed by atoms with Gasteiger partial charge in [-0.3, -0.25) is 18.4 Å². The lowest BCUT2D eigenvalue weighted by atomic mass is 10.1. The highest BCUT2D eigenvalue weighted by atomic mass is 31.2. The molecule has 112 valence electrons. The number of carbonyl (C=O) groups is 1. The summed E-state index contributed by atoms with van der Waals surface area (Å²) in [6.45, 7) is 3.29. The summed E-state index contributed by atoms with van der Waals surface area (Å²) in [6.07, 6.45) is 0. The Balaban J connectivity index is 2.67. The van der Waals surface area contributed by atoms with E-state index in [1.807, 2.05) is 0 Å². The van der Waals surface area contributed by atoms with E-state index in [9.17, 15) is 9.36 Å². The topological polar surface area (TPSA) is 71.1 Å². The molecular formula is C13H19O6P. The number of Topliss-reactive ketones (excluding diaryl/α,β-unsaturated/α-hetero) is 1. The summed E-state index contributed by atoms with van der Waals surface area (Å²) < 4.78 is 32.0. The van der Waals surface area contributed by atoms with E-state index in [-0.39, 0.29) is 25.6 Å². The Kier molecular flexibility index (Phi) is 6.88. The molecule has 0 saturated heterocycles. The highest BCUT2D eigenvalue weighted by Gasteiger charge is 2.26. The van der Waals surface area contributed by atoms with Gasteiger partial charge in [0.05, 0.1) is 20.3 Å². The second-order valence-corrected chi connectivity index (χ2v) is 5.38. The number of phosphoric acid groups is 1. The highest BCUT2D eigenvalue weighted by Crippen LogP contribution is 2.49. The normalized spacial score (nSPS) is 11.3. The van der Waals surface area contributed by atoms with Crippen LogP contribution in [0.4, 0.5) is 0 Å². The van der Waals surface area contributed by atoms with Gasteiger partial charge < -0.3 is 4.74 Å². The Labute approximate surface area is 118 Å². The number of methoxy groups -OCH3 is 1. The van der Waals surface area contributed by atoms with Crippen molar-refractivity contribution >= 4 is 13.6 Å². The molecule has 0 fully saturated rings. The monoisotopic (exact) mass is 302 g/mol. The van der Waals surface area contributed by atoms with Crippen molar-refractivity contribution < 1.29 is 27.7 Å². The summed E-state index contributed by atoms with van der Waals surface area (Å²) >= 11 is 0. The van der Waals surface area contributed by atoms with Gasteiger partial charge in [0.15, 0.2) is 5.78 Å². The maximum atomic E-state index is 12.0. The average Bonchev–Trinajstić information content (AvgIpc) is 2.45. The van der Waals surface area contributed by atoms with E-state index in [1.54, 1.807) is 38.1 Å². The van der Waals surface area contributed by atoms with Crippen LogP contribution in [-0.4, -0.2) is 32.7 Å². The number of hydrogen-bond donors (Lipinski definition) is 0. The molecule has 0 aromatic heterocycles. The molecule has 20 heavy (non-hydrogen) atoms. The molecule has 0 amide bonds. The first-order valence-corrected chi connectivity index (χ1v) is 7.71. The van der Waals surface area contributed by atoms with Gasteiger partial charge in [-0.05, 0) is 26.0 Å². The van der Waals surface area contributed by atoms with Crippen LogP contribution in [0.2, 0.25) is 0 Å². The molecule has 0 saturated carbocycles. The lowest BCUT2D eigenvalue weighted by molar-refractivity contribution is 0.0815. The van der Waals surface area contributed by atoms with Crippen LogP contribution in [0.15, 0.2) is 24.3 Å².